The second kappa shape index (κ2) is 5.67. The number of hydrogen-bond acceptors (Lipinski definition) is 2. The van der Waals surface area contributed by atoms with Gasteiger partial charge in [-0.3, -0.25) is 0 Å². The molecule has 0 N–H and O–H groups in total. The second-order valence-corrected chi connectivity index (χ2v) is 6.64. The summed E-state index contributed by atoms with van der Waals surface area (Å²) in [5.74, 6) is 0.979. The third kappa shape index (κ3) is 2.47. The first-order valence-electron chi connectivity index (χ1n) is 7.90. The number of fused-ring (bicyclic) bond motifs is 1. The first kappa shape index (κ1) is 14.9. The lowest BCUT2D eigenvalue weighted by atomic mass is 9.77. The Hall–Kier alpha value is -1.97. The van der Waals surface area contributed by atoms with Crippen molar-refractivity contribution in [2.75, 3.05) is 0 Å². The molecule has 0 bridgehead atoms. The monoisotopic (exact) mass is 299 g/mol. The predicted octanol–water partition coefficient (Wildman–Crippen LogP) is 4.83. The van der Waals surface area contributed by atoms with E-state index in [1.165, 1.54) is 5.57 Å². The Kier molecular flexibility index (Phi) is 3.85. The third-order valence-electron chi connectivity index (χ3n) is 4.49. The highest BCUT2D eigenvalue weighted by Crippen LogP contribution is 2.40. The Morgan fingerprint density at radius 3 is 2.59 bits per heavy atom. The van der Waals surface area contributed by atoms with Gasteiger partial charge in [-0.2, -0.15) is 0 Å². The summed E-state index contributed by atoms with van der Waals surface area (Å²) in [7, 11) is 0. The molecule has 22 heavy (non-hydrogen) atoms. The van der Waals surface area contributed by atoms with Crippen LogP contribution >= 0.6 is 0 Å². The van der Waals surface area contributed by atoms with Crippen molar-refractivity contribution in [1.29, 1.82) is 0 Å². The van der Waals surface area contributed by atoms with Crippen LogP contribution in [0.15, 0.2) is 41.7 Å². The molecule has 1 aliphatic carbocycles. The van der Waals surface area contributed by atoms with Crippen LogP contribution in [0.1, 0.15) is 34.1 Å². The van der Waals surface area contributed by atoms with E-state index in [-0.39, 0.29) is 5.83 Å². The van der Waals surface area contributed by atoms with Gasteiger partial charge in [0.05, 0.1) is 11.2 Å². The zero-order valence-corrected chi connectivity index (χ0v) is 13.5. The summed E-state index contributed by atoms with van der Waals surface area (Å²) >= 11 is 0. The minimum Gasteiger partial charge on any atom is -0.214 e. The Morgan fingerprint density at radius 2 is 1.91 bits per heavy atom. The predicted molar refractivity (Wildman–Crippen MR) is 87.7 cm³/mol. The molecule has 1 heterocycles. The van der Waals surface area contributed by atoms with Crippen LogP contribution < -0.4 is 0 Å². The van der Waals surface area contributed by atoms with Crippen molar-refractivity contribution >= 4 is 16.7 Å². The van der Waals surface area contributed by atoms with Gasteiger partial charge in [0.1, 0.15) is 11.3 Å². The first-order valence-corrected chi connectivity index (χ1v) is 7.90. The Morgan fingerprint density at radius 1 is 1.18 bits per heavy atom. The molecule has 0 saturated heterocycles. The zero-order chi connectivity index (χ0) is 15.9. The SMILES string of the molecule is CC(C)C1=CC(F)=C(n2nnc3ccccc32)CC1C(C)C. The minimum atomic E-state index is -0.184. The molecule has 1 unspecified atom stereocenters. The van der Waals surface area contributed by atoms with Gasteiger partial charge in [-0.05, 0) is 42.4 Å². The van der Waals surface area contributed by atoms with E-state index in [4.69, 9.17) is 0 Å². The van der Waals surface area contributed by atoms with Crippen molar-refractivity contribution in [3.05, 3.63) is 41.7 Å². The highest BCUT2D eigenvalue weighted by molar-refractivity contribution is 5.78. The van der Waals surface area contributed by atoms with E-state index in [2.05, 4.69) is 38.0 Å². The number of aromatic nitrogens is 3. The zero-order valence-electron chi connectivity index (χ0n) is 13.5. The van der Waals surface area contributed by atoms with Crippen LogP contribution in [0.4, 0.5) is 4.39 Å². The highest BCUT2D eigenvalue weighted by atomic mass is 19.1. The smallest absolute Gasteiger partial charge is 0.144 e. The van der Waals surface area contributed by atoms with E-state index in [0.29, 0.717) is 29.9 Å². The lowest BCUT2D eigenvalue weighted by Crippen LogP contribution is -2.21. The Labute approximate surface area is 130 Å². The lowest BCUT2D eigenvalue weighted by Gasteiger charge is -2.31. The average molecular weight is 299 g/mol. The van der Waals surface area contributed by atoms with Gasteiger partial charge in [-0.25, -0.2) is 9.07 Å². The van der Waals surface area contributed by atoms with Gasteiger partial charge >= 0.3 is 0 Å². The molecule has 4 heteroatoms. The Bertz CT molecular complexity index is 753. The molecule has 0 fully saturated rings. The number of hydrogen-bond donors (Lipinski definition) is 0. The van der Waals surface area contributed by atoms with Gasteiger partial charge < -0.3 is 0 Å². The van der Waals surface area contributed by atoms with E-state index in [9.17, 15) is 4.39 Å². The quantitative estimate of drug-likeness (QED) is 0.813. The van der Waals surface area contributed by atoms with Crippen LogP contribution in [0.5, 0.6) is 0 Å². The summed E-state index contributed by atoms with van der Waals surface area (Å²) in [5.41, 5.74) is 3.47. The van der Waals surface area contributed by atoms with Gasteiger partial charge in [0.15, 0.2) is 0 Å². The molecule has 3 rings (SSSR count). The van der Waals surface area contributed by atoms with Crippen LogP contribution in [0.3, 0.4) is 0 Å². The summed E-state index contributed by atoms with van der Waals surface area (Å²) in [6.07, 6.45) is 2.38. The minimum absolute atomic E-state index is 0.184. The number of rotatable bonds is 3. The molecule has 2 aromatic rings. The van der Waals surface area contributed by atoms with Crippen molar-refractivity contribution in [1.82, 2.24) is 15.0 Å². The molecule has 1 aromatic carbocycles. The fraction of sp³-hybridized carbons (Fsp3) is 0.444. The van der Waals surface area contributed by atoms with Crippen LogP contribution in [-0.4, -0.2) is 15.0 Å². The molecule has 1 aliphatic rings. The number of nitrogens with zero attached hydrogens (tertiary/aromatic N) is 3. The molecular weight excluding hydrogens is 277 g/mol. The van der Waals surface area contributed by atoms with Gasteiger partial charge in [0, 0.05) is 0 Å². The van der Waals surface area contributed by atoms with E-state index in [0.717, 1.165) is 11.0 Å². The van der Waals surface area contributed by atoms with Crippen LogP contribution in [0, 0.1) is 17.8 Å². The number of para-hydroxylation sites is 1. The fourth-order valence-corrected chi connectivity index (χ4v) is 3.23. The molecule has 0 aliphatic heterocycles. The van der Waals surface area contributed by atoms with Gasteiger partial charge in [-0.1, -0.05) is 50.6 Å². The maximum Gasteiger partial charge on any atom is 0.144 e. The number of benzene rings is 1. The van der Waals surface area contributed by atoms with Crippen molar-refractivity contribution in [2.45, 2.75) is 34.1 Å². The molecule has 0 spiro atoms. The summed E-state index contributed by atoms with van der Waals surface area (Å²) in [6, 6.07) is 7.68. The molecule has 3 nitrogen and oxygen atoms in total. The van der Waals surface area contributed by atoms with E-state index < -0.39 is 0 Å². The first-order chi connectivity index (χ1) is 10.5. The maximum absolute atomic E-state index is 14.7. The maximum atomic E-state index is 14.7. The molecular formula is C18H22FN3. The fourth-order valence-electron chi connectivity index (χ4n) is 3.23. The molecule has 0 radical (unpaired) electrons. The molecule has 0 amide bonds. The van der Waals surface area contributed by atoms with E-state index in [1.807, 2.05) is 24.3 Å². The van der Waals surface area contributed by atoms with Gasteiger partial charge in [-0.15, -0.1) is 5.10 Å². The van der Waals surface area contributed by atoms with E-state index in [1.54, 1.807) is 10.8 Å². The average Bonchev–Trinajstić information content (AvgIpc) is 2.90. The van der Waals surface area contributed by atoms with Gasteiger partial charge in [0.2, 0.25) is 0 Å². The molecule has 116 valence electrons. The van der Waals surface area contributed by atoms with Crippen LogP contribution in [-0.2, 0) is 0 Å². The highest BCUT2D eigenvalue weighted by Gasteiger charge is 2.29. The summed E-state index contributed by atoms with van der Waals surface area (Å²) in [5, 5.41) is 8.32. The summed E-state index contributed by atoms with van der Waals surface area (Å²) < 4.78 is 16.4. The third-order valence-corrected chi connectivity index (χ3v) is 4.49. The standard InChI is InChI=1S/C18H22FN3/c1-11(2)13-9-15(19)18(10-14(13)12(3)4)22-17-8-6-5-7-16(17)20-21-22/h5-9,11-12,14H,10H2,1-4H3. The summed E-state index contributed by atoms with van der Waals surface area (Å²) in [6.45, 7) is 8.65. The lowest BCUT2D eigenvalue weighted by molar-refractivity contribution is 0.401. The molecule has 1 aromatic heterocycles. The van der Waals surface area contributed by atoms with E-state index >= 15 is 0 Å². The number of allylic oxidation sites excluding steroid dienone is 4. The van der Waals surface area contributed by atoms with Crippen molar-refractivity contribution in [2.24, 2.45) is 17.8 Å². The molecule has 0 saturated carbocycles. The van der Waals surface area contributed by atoms with Crippen molar-refractivity contribution in [3.63, 3.8) is 0 Å². The summed E-state index contributed by atoms with van der Waals surface area (Å²) in [4.78, 5) is 0. The topological polar surface area (TPSA) is 30.7 Å². The number of halogens is 1. The Balaban J connectivity index is 2.12. The normalized spacial score (nSPS) is 19.4. The largest absolute Gasteiger partial charge is 0.214 e. The van der Waals surface area contributed by atoms with Crippen LogP contribution in [0.25, 0.3) is 16.7 Å². The van der Waals surface area contributed by atoms with Crippen LogP contribution in [0.2, 0.25) is 0 Å². The van der Waals surface area contributed by atoms with Gasteiger partial charge in [0.25, 0.3) is 0 Å². The van der Waals surface area contributed by atoms with Crippen molar-refractivity contribution in [3.8, 4) is 0 Å². The van der Waals surface area contributed by atoms with Crippen molar-refractivity contribution < 1.29 is 4.39 Å². The molecule has 1 atom stereocenters. The second-order valence-electron chi connectivity index (χ2n) is 6.64.